The van der Waals surface area contributed by atoms with E-state index >= 15 is 0 Å². The lowest BCUT2D eigenvalue weighted by atomic mass is 9.94. The second-order valence-electron chi connectivity index (χ2n) is 8.16. The molecule has 0 saturated heterocycles. The second-order valence-corrected chi connectivity index (χ2v) is 8.57. The Bertz CT molecular complexity index is 1320. The molecule has 0 spiro atoms. The van der Waals surface area contributed by atoms with Crippen molar-refractivity contribution >= 4 is 28.3 Å². The minimum Gasteiger partial charge on any atom is -0.494 e. The fourth-order valence-corrected chi connectivity index (χ4v) is 4.30. The number of hydrogen-bond acceptors (Lipinski definition) is 4. The van der Waals surface area contributed by atoms with Crippen LogP contribution in [0.2, 0.25) is 5.02 Å². The first-order valence-electron chi connectivity index (χ1n) is 11.4. The Balaban J connectivity index is 1.66. The third-order valence-corrected chi connectivity index (χ3v) is 6.22. The van der Waals surface area contributed by atoms with E-state index in [1.54, 1.807) is 12.1 Å². The van der Waals surface area contributed by atoms with Gasteiger partial charge in [0.2, 0.25) is 0 Å². The summed E-state index contributed by atoms with van der Waals surface area (Å²) in [7, 11) is 1.36. The van der Waals surface area contributed by atoms with E-state index in [2.05, 4.69) is 48.6 Å². The molecule has 0 fully saturated rings. The lowest BCUT2D eigenvalue weighted by Crippen LogP contribution is -2.18. The molecule has 4 rings (SSSR count). The molecule has 5 heteroatoms. The van der Waals surface area contributed by atoms with E-state index in [1.807, 2.05) is 37.3 Å². The van der Waals surface area contributed by atoms with Gasteiger partial charge in [0.15, 0.2) is 0 Å². The molecular weight excluding hydrogens is 446 g/mol. The highest BCUT2D eigenvalue weighted by Gasteiger charge is 2.15. The van der Waals surface area contributed by atoms with Crippen LogP contribution in [-0.2, 0) is 11.3 Å². The van der Waals surface area contributed by atoms with Gasteiger partial charge in [0, 0.05) is 12.6 Å². The van der Waals surface area contributed by atoms with E-state index in [0.717, 1.165) is 33.2 Å². The van der Waals surface area contributed by atoms with Crippen molar-refractivity contribution in [2.45, 2.75) is 26.4 Å². The molecule has 4 nitrogen and oxygen atoms in total. The summed E-state index contributed by atoms with van der Waals surface area (Å²) in [4.78, 5) is 12.2. The fraction of sp³-hybridized carbons (Fsp3) is 0.207. The van der Waals surface area contributed by atoms with Gasteiger partial charge in [-0.15, -0.1) is 0 Å². The topological polar surface area (TPSA) is 47.6 Å². The van der Waals surface area contributed by atoms with Crippen LogP contribution in [0.3, 0.4) is 0 Å². The van der Waals surface area contributed by atoms with Crippen LogP contribution in [0.4, 0.5) is 0 Å². The van der Waals surface area contributed by atoms with Crippen molar-refractivity contribution in [1.82, 2.24) is 5.32 Å². The molecule has 1 N–H and O–H groups in total. The van der Waals surface area contributed by atoms with E-state index in [-0.39, 0.29) is 6.04 Å². The van der Waals surface area contributed by atoms with Crippen LogP contribution in [0.25, 0.3) is 21.9 Å². The van der Waals surface area contributed by atoms with E-state index in [4.69, 9.17) is 21.1 Å². The molecule has 34 heavy (non-hydrogen) atoms. The summed E-state index contributed by atoms with van der Waals surface area (Å²) in [6, 6.07) is 26.4. The highest BCUT2D eigenvalue weighted by Crippen LogP contribution is 2.33. The zero-order chi connectivity index (χ0) is 24.1. The van der Waals surface area contributed by atoms with Crippen LogP contribution >= 0.6 is 11.6 Å². The zero-order valence-corrected chi connectivity index (χ0v) is 20.4. The summed E-state index contributed by atoms with van der Waals surface area (Å²) in [5.74, 6) is 0.433. The number of carbonyl (C=O) groups is 1. The normalized spacial score (nSPS) is 11.9. The van der Waals surface area contributed by atoms with E-state index in [9.17, 15) is 4.79 Å². The number of nitrogens with one attached hydrogen (secondary N) is 1. The van der Waals surface area contributed by atoms with Crippen molar-refractivity contribution in [3.8, 4) is 16.9 Å². The number of rotatable bonds is 8. The lowest BCUT2D eigenvalue weighted by Gasteiger charge is -2.17. The SMILES string of the molecule is CCOc1cccc(C(C)NCc2cc(-c3ccc(Cl)c(C(=O)OC)c3)c3ccccc3c2)c1. The molecule has 0 radical (unpaired) electrons. The molecule has 4 aromatic carbocycles. The van der Waals surface area contributed by atoms with Crippen molar-refractivity contribution in [1.29, 1.82) is 0 Å². The van der Waals surface area contributed by atoms with Crippen LogP contribution in [-0.4, -0.2) is 19.7 Å². The molecule has 0 aromatic heterocycles. The Hall–Kier alpha value is -3.34. The van der Waals surface area contributed by atoms with Crippen molar-refractivity contribution in [2.24, 2.45) is 0 Å². The summed E-state index contributed by atoms with van der Waals surface area (Å²) in [6.45, 7) is 5.47. The Morgan fingerprint density at radius 1 is 1.00 bits per heavy atom. The average molecular weight is 474 g/mol. The monoisotopic (exact) mass is 473 g/mol. The molecule has 0 aliphatic carbocycles. The molecule has 0 saturated carbocycles. The smallest absolute Gasteiger partial charge is 0.339 e. The largest absolute Gasteiger partial charge is 0.494 e. The van der Waals surface area contributed by atoms with Gasteiger partial charge in [-0.05, 0) is 83.3 Å². The first kappa shape index (κ1) is 23.8. The summed E-state index contributed by atoms with van der Waals surface area (Å²) in [6.07, 6.45) is 0. The highest BCUT2D eigenvalue weighted by atomic mass is 35.5. The number of fused-ring (bicyclic) bond motifs is 1. The van der Waals surface area contributed by atoms with Crippen molar-refractivity contribution in [3.63, 3.8) is 0 Å². The van der Waals surface area contributed by atoms with E-state index in [1.165, 1.54) is 12.7 Å². The standard InChI is InChI=1S/C29H28ClNO3/c1-4-34-24-10-7-9-21(16-24)19(2)31-18-20-14-22-8-5-6-11-25(22)26(15-20)23-12-13-28(30)27(17-23)29(32)33-3/h5-17,19,31H,4,18H2,1-3H3. The van der Waals surface area contributed by atoms with Crippen molar-refractivity contribution in [2.75, 3.05) is 13.7 Å². The minimum atomic E-state index is -0.447. The van der Waals surface area contributed by atoms with Gasteiger partial charge in [-0.2, -0.15) is 0 Å². The van der Waals surface area contributed by atoms with E-state index < -0.39 is 5.97 Å². The maximum absolute atomic E-state index is 12.2. The Kier molecular flexibility index (Phi) is 7.51. The maximum Gasteiger partial charge on any atom is 0.339 e. The van der Waals surface area contributed by atoms with Gasteiger partial charge in [-0.25, -0.2) is 4.79 Å². The Labute approximate surface area is 205 Å². The maximum atomic E-state index is 12.2. The molecule has 1 unspecified atom stereocenters. The average Bonchev–Trinajstić information content (AvgIpc) is 2.87. The molecule has 0 aliphatic heterocycles. The molecule has 0 bridgehead atoms. The summed E-state index contributed by atoms with van der Waals surface area (Å²) < 4.78 is 10.6. The highest BCUT2D eigenvalue weighted by molar-refractivity contribution is 6.33. The number of methoxy groups -OCH3 is 1. The minimum absolute atomic E-state index is 0.150. The number of benzene rings is 4. The summed E-state index contributed by atoms with van der Waals surface area (Å²) >= 11 is 6.26. The summed E-state index contributed by atoms with van der Waals surface area (Å²) in [5.41, 5.74) is 4.64. The van der Waals surface area contributed by atoms with Gasteiger partial charge in [0.25, 0.3) is 0 Å². The molecule has 4 aromatic rings. The number of ether oxygens (including phenoxy) is 2. The molecule has 1 atom stereocenters. The van der Waals surface area contributed by atoms with Crippen LogP contribution in [0.15, 0.2) is 78.9 Å². The van der Waals surface area contributed by atoms with Crippen molar-refractivity contribution < 1.29 is 14.3 Å². The van der Waals surface area contributed by atoms with Crippen LogP contribution in [0.1, 0.15) is 41.4 Å². The number of esters is 1. The lowest BCUT2D eigenvalue weighted by molar-refractivity contribution is 0.0601. The number of hydrogen-bond donors (Lipinski definition) is 1. The van der Waals surface area contributed by atoms with Crippen LogP contribution in [0.5, 0.6) is 5.75 Å². The Morgan fingerprint density at radius 3 is 2.62 bits per heavy atom. The fourth-order valence-electron chi connectivity index (χ4n) is 4.10. The third kappa shape index (κ3) is 5.24. The van der Waals surface area contributed by atoms with Gasteiger partial charge in [-0.3, -0.25) is 0 Å². The predicted octanol–water partition coefficient (Wildman–Crippen LogP) is 7.20. The van der Waals surface area contributed by atoms with Gasteiger partial charge in [-0.1, -0.05) is 54.1 Å². The van der Waals surface area contributed by atoms with Crippen LogP contribution < -0.4 is 10.1 Å². The second kappa shape index (κ2) is 10.7. The summed E-state index contributed by atoms with van der Waals surface area (Å²) in [5, 5.41) is 6.25. The molecule has 0 heterocycles. The third-order valence-electron chi connectivity index (χ3n) is 5.89. The quantitative estimate of drug-likeness (QED) is 0.275. The van der Waals surface area contributed by atoms with Gasteiger partial charge < -0.3 is 14.8 Å². The molecule has 174 valence electrons. The van der Waals surface area contributed by atoms with Crippen LogP contribution in [0, 0.1) is 0 Å². The van der Waals surface area contributed by atoms with Gasteiger partial charge >= 0.3 is 5.97 Å². The first-order chi connectivity index (χ1) is 16.5. The first-order valence-corrected chi connectivity index (χ1v) is 11.7. The molecule has 0 aliphatic rings. The molecular formula is C29H28ClNO3. The number of carbonyl (C=O) groups excluding carboxylic acids is 1. The van der Waals surface area contributed by atoms with Gasteiger partial charge in [0.05, 0.1) is 24.3 Å². The zero-order valence-electron chi connectivity index (χ0n) is 19.6. The molecule has 0 amide bonds. The predicted molar refractivity (Wildman–Crippen MR) is 139 cm³/mol. The van der Waals surface area contributed by atoms with E-state index in [0.29, 0.717) is 23.7 Å². The number of halogens is 1. The Morgan fingerprint density at radius 2 is 1.82 bits per heavy atom. The van der Waals surface area contributed by atoms with Crippen molar-refractivity contribution in [3.05, 3.63) is 101 Å². The van der Waals surface area contributed by atoms with Gasteiger partial charge in [0.1, 0.15) is 5.75 Å².